The van der Waals surface area contributed by atoms with Crippen LogP contribution in [0.1, 0.15) is 20.8 Å². The quantitative estimate of drug-likeness (QED) is 0.520. The average molecular weight is 260 g/mol. The van der Waals surface area contributed by atoms with Gasteiger partial charge in [-0.15, -0.1) is 0 Å². The molecule has 0 aromatic carbocycles. The van der Waals surface area contributed by atoms with Crippen molar-refractivity contribution in [1.82, 2.24) is 0 Å². The minimum absolute atomic E-state index is 0. The zero-order chi connectivity index (χ0) is 8.12. The maximum Gasteiger partial charge on any atom is 0.0402 e. The predicted octanol–water partition coefficient (Wildman–Crippen LogP) is -0.385. The van der Waals surface area contributed by atoms with Crippen LogP contribution in [-0.2, 0) is 0 Å². The largest absolute Gasteiger partial charge is 0.397 e. The van der Waals surface area contributed by atoms with Crippen molar-refractivity contribution in [1.29, 1.82) is 0 Å². The van der Waals surface area contributed by atoms with Crippen LogP contribution in [0, 0.1) is 0 Å². The number of aliphatic hydroxyl groups excluding tert-OH is 3. The summed E-state index contributed by atoms with van der Waals surface area (Å²) in [6, 6.07) is 0. The van der Waals surface area contributed by atoms with Gasteiger partial charge in [-0.3, -0.25) is 0 Å². The molecule has 0 fully saturated rings. The van der Waals surface area contributed by atoms with Crippen molar-refractivity contribution in [2.75, 3.05) is 19.8 Å². The molecule has 0 bridgehead atoms. The Morgan fingerprint density at radius 2 is 0.700 bits per heavy atom. The molecule has 0 rings (SSSR count). The fraction of sp³-hybridized carbons (Fsp3) is 1.00. The standard InChI is InChI=1S/3C2H6O.Sb/c3*1-2-3;/h3*3H,2H2,1H3;. The number of rotatable bonds is 0. The van der Waals surface area contributed by atoms with Crippen LogP contribution in [0.2, 0.25) is 0 Å². The van der Waals surface area contributed by atoms with Gasteiger partial charge in [0.1, 0.15) is 0 Å². The van der Waals surface area contributed by atoms with Crippen LogP contribution in [-0.4, -0.2) is 59.6 Å². The Balaban J connectivity index is -0.0000000257. The van der Waals surface area contributed by atoms with E-state index < -0.39 is 0 Å². The smallest absolute Gasteiger partial charge is 0.0402 e. The molecule has 0 aromatic heterocycles. The molecule has 0 heterocycles. The van der Waals surface area contributed by atoms with Crippen LogP contribution >= 0.6 is 0 Å². The number of hydrogen-bond donors (Lipinski definition) is 3. The van der Waals surface area contributed by atoms with Gasteiger partial charge in [0.15, 0.2) is 0 Å². The van der Waals surface area contributed by atoms with Gasteiger partial charge in [-0.1, -0.05) is 0 Å². The summed E-state index contributed by atoms with van der Waals surface area (Å²) >= 11 is 0. The molecule has 4 heteroatoms. The summed E-state index contributed by atoms with van der Waals surface area (Å²) in [5, 5.41) is 22.7. The third kappa shape index (κ3) is 1060. The minimum atomic E-state index is 0. The predicted molar refractivity (Wildman–Crippen MR) is 44.0 cm³/mol. The maximum absolute atomic E-state index is 7.57. The summed E-state index contributed by atoms with van der Waals surface area (Å²) in [7, 11) is 0. The van der Waals surface area contributed by atoms with Crippen LogP contribution in [0.5, 0.6) is 0 Å². The Labute approximate surface area is 80.5 Å². The second-order valence-corrected chi connectivity index (χ2v) is 0.949. The summed E-state index contributed by atoms with van der Waals surface area (Å²) in [6.07, 6.45) is 0. The summed E-state index contributed by atoms with van der Waals surface area (Å²) < 4.78 is 0. The van der Waals surface area contributed by atoms with E-state index in [1.165, 1.54) is 0 Å². The number of hydrogen-bond acceptors (Lipinski definition) is 3. The van der Waals surface area contributed by atoms with Gasteiger partial charge in [-0.25, -0.2) is 0 Å². The van der Waals surface area contributed by atoms with Crippen molar-refractivity contribution < 1.29 is 15.3 Å². The van der Waals surface area contributed by atoms with Gasteiger partial charge in [0.2, 0.25) is 0 Å². The van der Waals surface area contributed by atoms with Crippen LogP contribution in [0.3, 0.4) is 0 Å². The molecule has 65 valence electrons. The molecule has 10 heavy (non-hydrogen) atoms. The molecule has 0 amide bonds. The topological polar surface area (TPSA) is 60.7 Å². The molecular formula is C6H18O3Sb. The summed E-state index contributed by atoms with van der Waals surface area (Å²) in [4.78, 5) is 0. The van der Waals surface area contributed by atoms with E-state index in [0.29, 0.717) is 0 Å². The molecule has 3 radical (unpaired) electrons. The van der Waals surface area contributed by atoms with Gasteiger partial charge in [-0.05, 0) is 20.8 Å². The Hall–Kier alpha value is 0.698. The molecule has 3 N–H and O–H groups in total. The second-order valence-electron chi connectivity index (χ2n) is 0.949. The van der Waals surface area contributed by atoms with Crippen molar-refractivity contribution in [3.8, 4) is 0 Å². The van der Waals surface area contributed by atoms with Crippen LogP contribution in [0.4, 0.5) is 0 Å². The summed E-state index contributed by atoms with van der Waals surface area (Å²) in [6.45, 7) is 5.79. The van der Waals surface area contributed by atoms with E-state index in [9.17, 15) is 0 Å². The molecule has 0 aliphatic carbocycles. The van der Waals surface area contributed by atoms with Gasteiger partial charge in [0, 0.05) is 44.2 Å². The van der Waals surface area contributed by atoms with E-state index in [4.69, 9.17) is 15.3 Å². The third-order valence-electron chi connectivity index (χ3n) is 0. The van der Waals surface area contributed by atoms with Gasteiger partial charge in [0.05, 0.1) is 0 Å². The SMILES string of the molecule is CCO.CCO.CCO.[Sb]. The normalized spacial score (nSPS) is 5.40. The second kappa shape index (κ2) is 53.7. The monoisotopic (exact) mass is 259 g/mol. The molecule has 0 saturated carbocycles. The Morgan fingerprint density at radius 3 is 0.700 bits per heavy atom. The minimum Gasteiger partial charge on any atom is -0.397 e. The van der Waals surface area contributed by atoms with E-state index in [-0.39, 0.29) is 44.2 Å². The molecule has 0 saturated heterocycles. The van der Waals surface area contributed by atoms with Crippen molar-refractivity contribution in [2.24, 2.45) is 0 Å². The zero-order valence-corrected chi connectivity index (χ0v) is 9.46. The van der Waals surface area contributed by atoms with Crippen molar-refractivity contribution in [3.63, 3.8) is 0 Å². The van der Waals surface area contributed by atoms with Crippen molar-refractivity contribution >= 4 is 24.4 Å². The maximum atomic E-state index is 7.57. The van der Waals surface area contributed by atoms with Crippen LogP contribution in [0.15, 0.2) is 0 Å². The van der Waals surface area contributed by atoms with Crippen LogP contribution < -0.4 is 0 Å². The van der Waals surface area contributed by atoms with E-state index >= 15 is 0 Å². The first-order valence-corrected chi connectivity index (χ1v) is 3.07. The molecule has 0 unspecified atom stereocenters. The first kappa shape index (κ1) is 22.4. The number of aliphatic hydroxyl groups is 3. The van der Waals surface area contributed by atoms with Gasteiger partial charge in [-0.2, -0.15) is 0 Å². The Morgan fingerprint density at radius 1 is 0.700 bits per heavy atom. The fourth-order valence-corrected chi connectivity index (χ4v) is 0. The van der Waals surface area contributed by atoms with Gasteiger partial charge in [0.25, 0.3) is 0 Å². The molecule has 0 spiro atoms. The summed E-state index contributed by atoms with van der Waals surface area (Å²) in [5.74, 6) is 0. The zero-order valence-electron chi connectivity index (χ0n) is 6.91. The van der Waals surface area contributed by atoms with Crippen molar-refractivity contribution in [3.05, 3.63) is 0 Å². The summed E-state index contributed by atoms with van der Waals surface area (Å²) in [5.41, 5.74) is 0. The third-order valence-corrected chi connectivity index (χ3v) is 0. The van der Waals surface area contributed by atoms with Gasteiger partial charge >= 0.3 is 0 Å². The molecule has 3 nitrogen and oxygen atoms in total. The van der Waals surface area contributed by atoms with E-state index in [1.807, 2.05) is 0 Å². The van der Waals surface area contributed by atoms with Gasteiger partial charge < -0.3 is 15.3 Å². The van der Waals surface area contributed by atoms with Crippen LogP contribution in [0.25, 0.3) is 0 Å². The molecule has 0 aromatic rings. The van der Waals surface area contributed by atoms with Crippen molar-refractivity contribution in [2.45, 2.75) is 20.8 Å². The molecular weight excluding hydrogens is 242 g/mol. The first-order chi connectivity index (χ1) is 4.24. The Kier molecular flexibility index (Phi) is 120. The first-order valence-electron chi connectivity index (χ1n) is 3.07. The average Bonchev–Trinajstić information content (AvgIpc) is 1.70. The molecule has 0 atom stereocenters. The fourth-order valence-electron chi connectivity index (χ4n) is 0. The van der Waals surface area contributed by atoms with E-state index in [1.54, 1.807) is 20.8 Å². The Bertz CT molecular complexity index is 17.7. The molecule has 0 aliphatic heterocycles. The molecule has 0 aliphatic rings. The van der Waals surface area contributed by atoms with E-state index in [0.717, 1.165) is 0 Å². The van der Waals surface area contributed by atoms with E-state index in [2.05, 4.69) is 0 Å².